The summed E-state index contributed by atoms with van der Waals surface area (Å²) < 4.78 is 6.30. The lowest BCUT2D eigenvalue weighted by molar-refractivity contribution is 0.416. The number of hydrogen-bond donors (Lipinski definition) is 3. The van der Waals surface area contributed by atoms with Crippen LogP contribution in [-0.2, 0) is 0 Å². The Hall–Kier alpha value is -2.35. The lowest BCUT2D eigenvalue weighted by atomic mass is 10.3. The van der Waals surface area contributed by atoms with E-state index in [1.807, 2.05) is 18.2 Å². The standard InChI is InChI=1S/C13H13BrN6O/c1-15-13-18-11(8-6-16-20-12(8)19-13)17-9-5-7(14)3-4-10(9)21-2/h3-6H,1-2H3,(H3,15,16,17,18,19,20). The molecule has 2 aromatic heterocycles. The third-order valence-electron chi connectivity index (χ3n) is 2.95. The lowest BCUT2D eigenvalue weighted by Crippen LogP contribution is -2.02. The average molecular weight is 349 g/mol. The number of aromatic nitrogens is 4. The molecule has 1 aromatic carbocycles. The van der Waals surface area contributed by atoms with Crippen molar-refractivity contribution in [1.82, 2.24) is 20.2 Å². The number of methoxy groups -OCH3 is 1. The molecule has 0 aliphatic rings. The van der Waals surface area contributed by atoms with E-state index in [0.29, 0.717) is 17.4 Å². The summed E-state index contributed by atoms with van der Waals surface area (Å²) in [6.45, 7) is 0. The highest BCUT2D eigenvalue weighted by Gasteiger charge is 2.11. The number of aromatic amines is 1. The number of H-pyrrole nitrogens is 1. The predicted molar refractivity (Wildman–Crippen MR) is 85.2 cm³/mol. The Labute approximate surface area is 129 Å². The summed E-state index contributed by atoms with van der Waals surface area (Å²) in [4.78, 5) is 8.72. The van der Waals surface area contributed by atoms with Gasteiger partial charge in [0.25, 0.3) is 0 Å². The van der Waals surface area contributed by atoms with Gasteiger partial charge in [-0.15, -0.1) is 0 Å². The first-order chi connectivity index (χ1) is 10.2. The van der Waals surface area contributed by atoms with Crippen LogP contribution in [-0.4, -0.2) is 34.3 Å². The van der Waals surface area contributed by atoms with Crippen LogP contribution >= 0.6 is 15.9 Å². The summed E-state index contributed by atoms with van der Waals surface area (Å²) in [5.41, 5.74) is 1.46. The zero-order chi connectivity index (χ0) is 14.8. The van der Waals surface area contributed by atoms with Crippen molar-refractivity contribution < 1.29 is 4.74 Å². The summed E-state index contributed by atoms with van der Waals surface area (Å²) in [6.07, 6.45) is 1.68. The summed E-state index contributed by atoms with van der Waals surface area (Å²) >= 11 is 3.45. The maximum absolute atomic E-state index is 5.36. The molecular weight excluding hydrogens is 336 g/mol. The van der Waals surface area contributed by atoms with Crippen molar-refractivity contribution in [3.63, 3.8) is 0 Å². The van der Waals surface area contributed by atoms with Gasteiger partial charge in [0.2, 0.25) is 5.95 Å². The number of fused-ring (bicyclic) bond motifs is 1. The molecule has 21 heavy (non-hydrogen) atoms. The van der Waals surface area contributed by atoms with Crippen LogP contribution in [0.2, 0.25) is 0 Å². The van der Waals surface area contributed by atoms with Crippen LogP contribution in [0.1, 0.15) is 0 Å². The minimum absolute atomic E-state index is 0.503. The highest BCUT2D eigenvalue weighted by Crippen LogP contribution is 2.32. The second-order valence-corrected chi connectivity index (χ2v) is 5.16. The van der Waals surface area contributed by atoms with Crippen LogP contribution in [0.5, 0.6) is 5.75 Å². The molecule has 2 heterocycles. The molecule has 108 valence electrons. The Morgan fingerprint density at radius 2 is 2.14 bits per heavy atom. The van der Waals surface area contributed by atoms with Crippen LogP contribution in [0, 0.1) is 0 Å². The number of halogens is 1. The normalized spacial score (nSPS) is 10.6. The van der Waals surface area contributed by atoms with E-state index in [-0.39, 0.29) is 0 Å². The summed E-state index contributed by atoms with van der Waals surface area (Å²) in [6, 6.07) is 5.71. The molecule has 0 fully saturated rings. The fourth-order valence-corrected chi connectivity index (χ4v) is 2.31. The van der Waals surface area contributed by atoms with Crippen molar-refractivity contribution >= 4 is 44.4 Å². The Morgan fingerprint density at radius 1 is 1.29 bits per heavy atom. The van der Waals surface area contributed by atoms with Crippen LogP contribution in [0.25, 0.3) is 11.0 Å². The van der Waals surface area contributed by atoms with Gasteiger partial charge in [-0.2, -0.15) is 15.1 Å². The molecule has 0 unspecified atom stereocenters. The van der Waals surface area contributed by atoms with E-state index in [4.69, 9.17) is 4.74 Å². The van der Waals surface area contributed by atoms with E-state index >= 15 is 0 Å². The molecule has 0 aliphatic carbocycles. The number of hydrogen-bond acceptors (Lipinski definition) is 6. The topological polar surface area (TPSA) is 87.8 Å². The third kappa shape index (κ3) is 2.62. The van der Waals surface area contributed by atoms with Crippen LogP contribution < -0.4 is 15.4 Å². The molecule has 0 atom stereocenters. The number of nitrogens with zero attached hydrogens (tertiary/aromatic N) is 3. The van der Waals surface area contributed by atoms with Gasteiger partial charge in [0.1, 0.15) is 11.6 Å². The van der Waals surface area contributed by atoms with Gasteiger partial charge in [0, 0.05) is 11.5 Å². The number of ether oxygens (including phenoxy) is 1. The maximum atomic E-state index is 5.36. The quantitative estimate of drug-likeness (QED) is 0.671. The zero-order valence-corrected chi connectivity index (χ0v) is 13.0. The second-order valence-electron chi connectivity index (χ2n) is 4.25. The van der Waals surface area contributed by atoms with Crippen LogP contribution in [0.3, 0.4) is 0 Å². The smallest absolute Gasteiger partial charge is 0.226 e. The van der Waals surface area contributed by atoms with Crippen molar-refractivity contribution in [2.24, 2.45) is 0 Å². The maximum Gasteiger partial charge on any atom is 0.226 e. The molecule has 0 radical (unpaired) electrons. The van der Waals surface area contributed by atoms with Gasteiger partial charge in [-0.25, -0.2) is 0 Å². The van der Waals surface area contributed by atoms with Gasteiger partial charge in [-0.05, 0) is 18.2 Å². The van der Waals surface area contributed by atoms with Crippen LogP contribution in [0.15, 0.2) is 28.9 Å². The Morgan fingerprint density at radius 3 is 2.90 bits per heavy atom. The van der Waals surface area contributed by atoms with Gasteiger partial charge in [-0.1, -0.05) is 15.9 Å². The first-order valence-corrected chi connectivity index (χ1v) is 7.00. The highest BCUT2D eigenvalue weighted by molar-refractivity contribution is 9.10. The van der Waals surface area contributed by atoms with E-state index in [0.717, 1.165) is 21.3 Å². The third-order valence-corrected chi connectivity index (χ3v) is 3.44. The second kappa shape index (κ2) is 5.57. The molecule has 0 amide bonds. The van der Waals surface area contributed by atoms with Crippen molar-refractivity contribution in [1.29, 1.82) is 0 Å². The summed E-state index contributed by atoms with van der Waals surface area (Å²) in [5.74, 6) is 1.87. The van der Waals surface area contributed by atoms with E-state index in [2.05, 4.69) is 46.7 Å². The molecule has 0 saturated carbocycles. The number of benzene rings is 1. The van der Waals surface area contributed by atoms with Crippen molar-refractivity contribution in [3.8, 4) is 5.75 Å². The van der Waals surface area contributed by atoms with E-state index < -0.39 is 0 Å². The predicted octanol–water partition coefficient (Wildman–Crippen LogP) is 2.91. The van der Waals surface area contributed by atoms with Crippen LogP contribution in [0.4, 0.5) is 17.5 Å². The first-order valence-electron chi connectivity index (χ1n) is 6.20. The summed E-state index contributed by atoms with van der Waals surface area (Å²) in [7, 11) is 3.39. The highest BCUT2D eigenvalue weighted by atomic mass is 79.9. The largest absolute Gasteiger partial charge is 0.495 e. The van der Waals surface area contributed by atoms with Gasteiger partial charge in [-0.3, -0.25) is 5.10 Å². The fourth-order valence-electron chi connectivity index (χ4n) is 1.95. The fraction of sp³-hybridized carbons (Fsp3) is 0.154. The SMILES string of the molecule is CNc1nc(Nc2cc(Br)ccc2OC)c2cn[nH]c2n1. The molecule has 0 aliphatic heterocycles. The van der Waals surface area contributed by atoms with Crippen molar-refractivity contribution in [2.75, 3.05) is 24.8 Å². The van der Waals surface area contributed by atoms with Gasteiger partial charge >= 0.3 is 0 Å². The first kappa shape index (κ1) is 13.6. The summed E-state index contributed by atoms with van der Waals surface area (Å²) in [5, 5.41) is 13.8. The Balaban J connectivity index is 2.09. The van der Waals surface area contributed by atoms with Crippen molar-refractivity contribution in [3.05, 3.63) is 28.9 Å². The van der Waals surface area contributed by atoms with Gasteiger partial charge < -0.3 is 15.4 Å². The molecule has 0 spiro atoms. The molecule has 0 saturated heterocycles. The lowest BCUT2D eigenvalue weighted by Gasteiger charge is -2.12. The molecular formula is C13H13BrN6O. The number of rotatable bonds is 4. The van der Waals surface area contributed by atoms with E-state index in [1.54, 1.807) is 20.4 Å². The minimum Gasteiger partial charge on any atom is -0.495 e. The monoisotopic (exact) mass is 348 g/mol. The number of nitrogens with one attached hydrogen (secondary N) is 3. The molecule has 0 bridgehead atoms. The average Bonchev–Trinajstić information content (AvgIpc) is 2.96. The van der Waals surface area contributed by atoms with E-state index in [1.165, 1.54) is 0 Å². The molecule has 8 heteroatoms. The Kier molecular flexibility index (Phi) is 3.61. The molecule has 3 rings (SSSR count). The molecule has 3 aromatic rings. The van der Waals surface area contributed by atoms with Gasteiger partial charge in [0.05, 0.1) is 24.4 Å². The van der Waals surface area contributed by atoms with Gasteiger partial charge in [0.15, 0.2) is 5.65 Å². The van der Waals surface area contributed by atoms with Crippen molar-refractivity contribution in [2.45, 2.75) is 0 Å². The molecule has 3 N–H and O–H groups in total. The molecule has 7 nitrogen and oxygen atoms in total. The minimum atomic E-state index is 0.503. The Bertz CT molecular complexity index is 787. The van der Waals surface area contributed by atoms with E-state index in [9.17, 15) is 0 Å². The number of anilines is 3. The zero-order valence-electron chi connectivity index (χ0n) is 11.4.